The molecule has 1 saturated heterocycles. The van der Waals surface area contributed by atoms with Crippen LogP contribution in [-0.4, -0.2) is 25.2 Å². The Balaban J connectivity index is 1.69. The minimum Gasteiger partial charge on any atom is -0.315 e. The van der Waals surface area contributed by atoms with Gasteiger partial charge in [-0.05, 0) is 37.0 Å². The number of piperidine rings is 1. The third-order valence-corrected chi connectivity index (χ3v) is 4.29. The normalized spacial score (nSPS) is 34.4. The molecule has 0 radical (unpaired) electrons. The minimum absolute atomic E-state index is 0.405. The number of nitrogens with one attached hydrogen (secondary N) is 2. The van der Waals surface area contributed by atoms with Crippen LogP contribution in [0.4, 0.5) is 0 Å². The molecule has 2 fully saturated rings. The summed E-state index contributed by atoms with van der Waals surface area (Å²) in [6, 6.07) is 1.55. The van der Waals surface area contributed by atoms with E-state index < -0.39 is 0 Å². The van der Waals surface area contributed by atoms with Gasteiger partial charge in [-0.15, -0.1) is 0 Å². The lowest BCUT2D eigenvalue weighted by molar-refractivity contribution is 0.172. The van der Waals surface area contributed by atoms with Crippen LogP contribution in [0.3, 0.4) is 0 Å². The first-order valence-electron chi connectivity index (χ1n) is 7.51. The molecule has 1 aliphatic carbocycles. The Morgan fingerprint density at radius 1 is 1.06 bits per heavy atom. The number of fused-ring (bicyclic) bond motifs is 1. The lowest BCUT2D eigenvalue weighted by Gasteiger charge is -2.40. The molecule has 2 aliphatic rings. The van der Waals surface area contributed by atoms with E-state index in [-0.39, 0.29) is 0 Å². The topological polar surface area (TPSA) is 24.1 Å². The third kappa shape index (κ3) is 4.26. The van der Waals surface area contributed by atoms with Gasteiger partial charge in [0.1, 0.15) is 0 Å². The summed E-state index contributed by atoms with van der Waals surface area (Å²) < 4.78 is 0. The fraction of sp³-hybridized carbons (Fsp3) is 1.00. The van der Waals surface area contributed by atoms with Crippen LogP contribution in [0.1, 0.15) is 59.3 Å². The summed E-state index contributed by atoms with van der Waals surface area (Å²) in [5.74, 6) is 0.989. The summed E-state index contributed by atoms with van der Waals surface area (Å²) in [5.41, 5.74) is 0.405. The van der Waals surface area contributed by atoms with Crippen molar-refractivity contribution in [2.45, 2.75) is 71.4 Å². The molecular weight excluding hydrogens is 208 g/mol. The molecule has 0 aromatic carbocycles. The molecule has 3 atom stereocenters. The average Bonchev–Trinajstić information content (AvgIpc) is 2.27. The van der Waals surface area contributed by atoms with Gasteiger partial charge in [0.05, 0.1) is 0 Å². The Morgan fingerprint density at radius 2 is 1.82 bits per heavy atom. The van der Waals surface area contributed by atoms with Crippen molar-refractivity contribution in [3.8, 4) is 0 Å². The van der Waals surface area contributed by atoms with Crippen LogP contribution in [0.2, 0.25) is 0 Å². The van der Waals surface area contributed by atoms with Gasteiger partial charge >= 0.3 is 0 Å². The molecule has 100 valence electrons. The Labute approximate surface area is 107 Å². The Bertz CT molecular complexity index is 232. The summed E-state index contributed by atoms with van der Waals surface area (Å²) in [7, 11) is 0. The summed E-state index contributed by atoms with van der Waals surface area (Å²) >= 11 is 0. The van der Waals surface area contributed by atoms with Crippen LogP contribution in [0, 0.1) is 11.3 Å². The summed E-state index contributed by atoms with van der Waals surface area (Å²) in [6.45, 7) is 9.17. The number of hydrogen-bond acceptors (Lipinski definition) is 2. The Kier molecular flexibility index (Phi) is 4.48. The van der Waals surface area contributed by atoms with Gasteiger partial charge in [-0.1, -0.05) is 33.6 Å². The minimum atomic E-state index is 0.405. The summed E-state index contributed by atoms with van der Waals surface area (Å²) in [5, 5.41) is 7.51. The van der Waals surface area contributed by atoms with E-state index in [0.29, 0.717) is 5.41 Å². The first-order valence-corrected chi connectivity index (χ1v) is 7.51. The van der Waals surface area contributed by atoms with E-state index in [1.807, 2.05) is 0 Å². The molecule has 1 saturated carbocycles. The molecule has 17 heavy (non-hydrogen) atoms. The zero-order chi connectivity index (χ0) is 12.3. The highest BCUT2D eigenvalue weighted by Gasteiger charge is 2.31. The fourth-order valence-electron chi connectivity index (χ4n) is 3.36. The summed E-state index contributed by atoms with van der Waals surface area (Å²) in [4.78, 5) is 0. The van der Waals surface area contributed by atoms with Gasteiger partial charge in [0.25, 0.3) is 0 Å². The number of rotatable bonds is 3. The van der Waals surface area contributed by atoms with E-state index in [4.69, 9.17) is 0 Å². The fourth-order valence-corrected chi connectivity index (χ4v) is 3.36. The lowest BCUT2D eigenvalue weighted by atomic mass is 9.78. The Morgan fingerprint density at radius 3 is 2.59 bits per heavy atom. The van der Waals surface area contributed by atoms with E-state index in [9.17, 15) is 0 Å². The molecule has 0 bridgehead atoms. The summed E-state index contributed by atoms with van der Waals surface area (Å²) in [6.07, 6.45) is 8.63. The average molecular weight is 238 g/mol. The zero-order valence-electron chi connectivity index (χ0n) is 11.9. The second-order valence-corrected chi connectivity index (χ2v) is 7.28. The van der Waals surface area contributed by atoms with Gasteiger partial charge in [0, 0.05) is 25.2 Å². The van der Waals surface area contributed by atoms with Crippen molar-refractivity contribution in [3.63, 3.8) is 0 Å². The van der Waals surface area contributed by atoms with E-state index in [1.54, 1.807) is 0 Å². The predicted octanol–water partition coefficient (Wildman–Crippen LogP) is 2.93. The van der Waals surface area contributed by atoms with Crippen molar-refractivity contribution in [2.24, 2.45) is 11.3 Å². The molecule has 1 heterocycles. The highest BCUT2D eigenvalue weighted by atomic mass is 15.0. The molecule has 0 amide bonds. The van der Waals surface area contributed by atoms with Crippen molar-refractivity contribution < 1.29 is 0 Å². The van der Waals surface area contributed by atoms with Crippen LogP contribution < -0.4 is 10.6 Å². The van der Waals surface area contributed by atoms with Gasteiger partial charge in [0.2, 0.25) is 0 Å². The number of hydrogen-bond donors (Lipinski definition) is 2. The van der Waals surface area contributed by atoms with E-state index in [2.05, 4.69) is 31.4 Å². The van der Waals surface area contributed by atoms with Gasteiger partial charge in [-0.25, -0.2) is 0 Å². The standard InChI is InChI=1S/C15H30N2/c1-15(2,3)11-16-10-13-9-8-12-6-4-5-7-14(12)17-13/h12-14,16-17H,4-11H2,1-3H3. The van der Waals surface area contributed by atoms with Crippen LogP contribution in [-0.2, 0) is 0 Å². The quantitative estimate of drug-likeness (QED) is 0.790. The van der Waals surface area contributed by atoms with E-state index in [0.717, 1.165) is 31.1 Å². The van der Waals surface area contributed by atoms with E-state index in [1.165, 1.54) is 38.5 Å². The van der Waals surface area contributed by atoms with Crippen molar-refractivity contribution in [2.75, 3.05) is 13.1 Å². The monoisotopic (exact) mass is 238 g/mol. The first kappa shape index (κ1) is 13.4. The van der Waals surface area contributed by atoms with Crippen LogP contribution in [0.5, 0.6) is 0 Å². The van der Waals surface area contributed by atoms with E-state index >= 15 is 0 Å². The molecule has 0 spiro atoms. The molecular formula is C15H30N2. The predicted molar refractivity (Wildman–Crippen MR) is 74.2 cm³/mol. The largest absolute Gasteiger partial charge is 0.315 e. The molecule has 0 aromatic heterocycles. The lowest BCUT2D eigenvalue weighted by Crippen LogP contribution is -2.52. The molecule has 2 nitrogen and oxygen atoms in total. The van der Waals surface area contributed by atoms with Crippen LogP contribution in [0.15, 0.2) is 0 Å². The molecule has 2 N–H and O–H groups in total. The van der Waals surface area contributed by atoms with Crippen LogP contribution in [0.25, 0.3) is 0 Å². The smallest absolute Gasteiger partial charge is 0.0195 e. The first-order chi connectivity index (χ1) is 8.04. The van der Waals surface area contributed by atoms with Crippen molar-refractivity contribution in [3.05, 3.63) is 0 Å². The van der Waals surface area contributed by atoms with Crippen molar-refractivity contribution in [1.82, 2.24) is 10.6 Å². The molecule has 0 aromatic rings. The molecule has 1 aliphatic heterocycles. The van der Waals surface area contributed by atoms with Gasteiger partial charge in [-0.3, -0.25) is 0 Å². The van der Waals surface area contributed by atoms with Crippen molar-refractivity contribution in [1.29, 1.82) is 0 Å². The SMILES string of the molecule is CC(C)(C)CNCC1CCC2CCCCC2N1. The van der Waals surface area contributed by atoms with Crippen molar-refractivity contribution >= 4 is 0 Å². The van der Waals surface area contributed by atoms with Gasteiger partial charge < -0.3 is 10.6 Å². The van der Waals surface area contributed by atoms with Crippen LogP contribution >= 0.6 is 0 Å². The second kappa shape index (κ2) is 5.71. The molecule has 3 unspecified atom stereocenters. The molecule has 2 rings (SSSR count). The third-order valence-electron chi connectivity index (χ3n) is 4.29. The highest BCUT2D eigenvalue weighted by molar-refractivity contribution is 4.90. The maximum absolute atomic E-state index is 3.88. The second-order valence-electron chi connectivity index (χ2n) is 7.28. The Hall–Kier alpha value is -0.0800. The maximum Gasteiger partial charge on any atom is 0.0195 e. The van der Waals surface area contributed by atoms with Gasteiger partial charge in [0.15, 0.2) is 0 Å². The van der Waals surface area contributed by atoms with Gasteiger partial charge in [-0.2, -0.15) is 0 Å². The maximum atomic E-state index is 3.88. The molecule has 2 heteroatoms. The highest BCUT2D eigenvalue weighted by Crippen LogP contribution is 2.32. The zero-order valence-corrected chi connectivity index (χ0v) is 11.9.